The summed E-state index contributed by atoms with van der Waals surface area (Å²) in [6, 6.07) is 18.4. The average molecular weight is 268 g/mol. The van der Waals surface area contributed by atoms with E-state index in [1.165, 1.54) is 17.1 Å². The zero-order chi connectivity index (χ0) is 13.2. The summed E-state index contributed by atoms with van der Waals surface area (Å²) in [4.78, 5) is 4.45. The third kappa shape index (κ3) is 2.35. The Bertz CT molecular complexity index is 704. The van der Waals surface area contributed by atoms with E-state index in [2.05, 4.69) is 34.1 Å². The minimum absolute atomic E-state index is 0.570. The van der Waals surface area contributed by atoms with E-state index >= 15 is 0 Å². The first-order valence-electron chi connectivity index (χ1n) is 6.05. The molecule has 2 N–H and O–H groups in total. The Labute approximate surface area is 116 Å². The summed E-state index contributed by atoms with van der Waals surface area (Å²) >= 11 is 1.45. The van der Waals surface area contributed by atoms with Crippen LogP contribution in [0, 0.1) is 6.92 Å². The molecule has 0 aliphatic carbocycles. The van der Waals surface area contributed by atoms with E-state index < -0.39 is 0 Å². The molecule has 0 spiro atoms. The SMILES string of the molecule is Cc1cccc(-[n+]2sc(N)nc2-c2ccccc2)c1. The average Bonchev–Trinajstić information content (AvgIpc) is 2.82. The lowest BCUT2D eigenvalue weighted by molar-refractivity contribution is -0.509. The highest BCUT2D eigenvalue weighted by Gasteiger charge is 2.22. The molecule has 1 aromatic heterocycles. The number of nitrogens with zero attached hydrogens (tertiary/aromatic N) is 2. The van der Waals surface area contributed by atoms with Gasteiger partial charge in [-0.25, -0.2) is 0 Å². The zero-order valence-corrected chi connectivity index (χ0v) is 11.4. The van der Waals surface area contributed by atoms with Crippen LogP contribution in [0.4, 0.5) is 5.13 Å². The van der Waals surface area contributed by atoms with Crippen LogP contribution >= 0.6 is 11.5 Å². The quantitative estimate of drug-likeness (QED) is 0.726. The van der Waals surface area contributed by atoms with Crippen LogP contribution in [0.15, 0.2) is 54.6 Å². The van der Waals surface area contributed by atoms with Crippen molar-refractivity contribution in [3.05, 3.63) is 60.2 Å². The molecule has 0 unspecified atom stereocenters. The normalized spacial score (nSPS) is 10.6. The molecule has 0 saturated carbocycles. The Morgan fingerprint density at radius 2 is 1.84 bits per heavy atom. The van der Waals surface area contributed by atoms with Crippen LogP contribution in [0.25, 0.3) is 17.1 Å². The largest absolute Gasteiger partial charge is 0.351 e. The first-order valence-corrected chi connectivity index (χ1v) is 6.83. The monoisotopic (exact) mass is 268 g/mol. The highest BCUT2D eigenvalue weighted by atomic mass is 32.1. The molecular formula is C15H14N3S+. The molecule has 94 valence electrons. The van der Waals surface area contributed by atoms with E-state index in [9.17, 15) is 0 Å². The van der Waals surface area contributed by atoms with Crippen molar-refractivity contribution in [3.63, 3.8) is 0 Å². The molecule has 0 aliphatic heterocycles. The van der Waals surface area contributed by atoms with Crippen molar-refractivity contribution in [3.8, 4) is 17.1 Å². The van der Waals surface area contributed by atoms with Gasteiger partial charge in [-0.3, -0.25) is 0 Å². The number of nitrogens with two attached hydrogens (primary N) is 1. The number of aryl methyl sites for hydroxylation is 1. The number of benzene rings is 2. The van der Waals surface area contributed by atoms with Gasteiger partial charge in [-0.05, 0) is 41.7 Å². The number of anilines is 1. The van der Waals surface area contributed by atoms with Crippen LogP contribution in [0.5, 0.6) is 0 Å². The van der Waals surface area contributed by atoms with E-state index in [-0.39, 0.29) is 0 Å². The summed E-state index contributed by atoms with van der Waals surface area (Å²) in [5.41, 5.74) is 9.25. The Kier molecular flexibility index (Phi) is 3.01. The van der Waals surface area contributed by atoms with Crippen molar-refractivity contribution in [1.82, 2.24) is 4.98 Å². The molecular weight excluding hydrogens is 254 g/mol. The summed E-state index contributed by atoms with van der Waals surface area (Å²) in [6.45, 7) is 2.08. The number of aromatic nitrogens is 2. The fourth-order valence-corrected chi connectivity index (χ4v) is 2.77. The first kappa shape index (κ1) is 11.9. The molecule has 0 aliphatic rings. The number of hydrogen-bond donors (Lipinski definition) is 1. The number of nitrogen functional groups attached to an aromatic ring is 1. The van der Waals surface area contributed by atoms with Crippen LogP contribution in [0.3, 0.4) is 0 Å². The van der Waals surface area contributed by atoms with Crippen molar-refractivity contribution in [1.29, 1.82) is 0 Å². The number of hydrogen-bond acceptors (Lipinski definition) is 3. The van der Waals surface area contributed by atoms with Gasteiger partial charge in [0.2, 0.25) is 0 Å². The second-order valence-corrected chi connectivity index (χ2v) is 5.33. The summed E-state index contributed by atoms with van der Waals surface area (Å²) in [7, 11) is 0. The van der Waals surface area contributed by atoms with E-state index in [0.29, 0.717) is 5.13 Å². The number of rotatable bonds is 2. The second-order valence-electron chi connectivity index (χ2n) is 4.36. The van der Waals surface area contributed by atoms with Crippen LogP contribution in [-0.4, -0.2) is 4.98 Å². The molecule has 3 rings (SSSR count). The van der Waals surface area contributed by atoms with Crippen molar-refractivity contribution >= 4 is 16.7 Å². The molecule has 1 heterocycles. The maximum absolute atomic E-state index is 5.88. The highest BCUT2D eigenvalue weighted by Crippen LogP contribution is 2.20. The molecule has 2 aromatic carbocycles. The molecule has 0 fully saturated rings. The smallest absolute Gasteiger partial charge is 0.350 e. The lowest BCUT2D eigenvalue weighted by Gasteiger charge is -1.99. The molecule has 0 saturated heterocycles. The molecule has 4 heteroatoms. The lowest BCUT2D eigenvalue weighted by atomic mass is 10.2. The van der Waals surface area contributed by atoms with E-state index in [1.54, 1.807) is 0 Å². The Balaban J connectivity index is 2.18. The van der Waals surface area contributed by atoms with Crippen molar-refractivity contribution in [2.24, 2.45) is 0 Å². The van der Waals surface area contributed by atoms with Crippen LogP contribution < -0.4 is 9.69 Å². The molecule has 3 aromatic rings. The standard InChI is InChI=1S/C15H13N3S/c1-11-6-5-9-13(10-11)18-14(17-15(16)19-18)12-7-3-2-4-8-12/h2-10,16H,1H3/p+1. The van der Waals surface area contributed by atoms with Gasteiger partial charge in [0.25, 0.3) is 0 Å². The summed E-state index contributed by atoms with van der Waals surface area (Å²) in [6.07, 6.45) is 0. The maximum Gasteiger partial charge on any atom is 0.350 e. The van der Waals surface area contributed by atoms with E-state index in [4.69, 9.17) is 5.73 Å². The van der Waals surface area contributed by atoms with Gasteiger partial charge in [0, 0.05) is 0 Å². The predicted molar refractivity (Wildman–Crippen MR) is 78.2 cm³/mol. The van der Waals surface area contributed by atoms with Crippen LogP contribution in [-0.2, 0) is 0 Å². The summed E-state index contributed by atoms with van der Waals surface area (Å²) in [5, 5.41) is 0.570. The molecule has 19 heavy (non-hydrogen) atoms. The zero-order valence-electron chi connectivity index (χ0n) is 10.6. The minimum Gasteiger partial charge on any atom is -0.351 e. The topological polar surface area (TPSA) is 42.8 Å². The minimum atomic E-state index is 0.570. The maximum atomic E-state index is 5.88. The fourth-order valence-electron chi connectivity index (χ4n) is 2.01. The van der Waals surface area contributed by atoms with E-state index in [1.807, 2.05) is 36.4 Å². The summed E-state index contributed by atoms with van der Waals surface area (Å²) in [5.74, 6) is 0.883. The van der Waals surface area contributed by atoms with Crippen molar-refractivity contribution in [2.75, 3.05) is 5.73 Å². The Hall–Kier alpha value is -2.20. The van der Waals surface area contributed by atoms with Gasteiger partial charge < -0.3 is 5.73 Å². The predicted octanol–water partition coefficient (Wildman–Crippen LogP) is 2.98. The molecule has 3 nitrogen and oxygen atoms in total. The fraction of sp³-hybridized carbons (Fsp3) is 0.0667. The van der Waals surface area contributed by atoms with Gasteiger partial charge in [0.05, 0.1) is 5.56 Å². The van der Waals surface area contributed by atoms with E-state index in [0.717, 1.165) is 17.1 Å². The van der Waals surface area contributed by atoms with Gasteiger partial charge in [-0.1, -0.05) is 30.3 Å². The molecule has 0 atom stereocenters. The van der Waals surface area contributed by atoms with Crippen molar-refractivity contribution in [2.45, 2.75) is 6.92 Å². The molecule has 0 amide bonds. The van der Waals surface area contributed by atoms with Gasteiger partial charge >= 0.3 is 11.0 Å². The van der Waals surface area contributed by atoms with Crippen LogP contribution in [0.2, 0.25) is 0 Å². The van der Waals surface area contributed by atoms with Crippen molar-refractivity contribution < 1.29 is 3.96 Å². The van der Waals surface area contributed by atoms with Crippen LogP contribution in [0.1, 0.15) is 5.56 Å². The molecule has 0 bridgehead atoms. The highest BCUT2D eigenvalue weighted by molar-refractivity contribution is 7.05. The third-order valence-corrected chi connectivity index (χ3v) is 3.71. The molecule has 0 radical (unpaired) electrons. The van der Waals surface area contributed by atoms with Gasteiger partial charge in [0.15, 0.2) is 0 Å². The lowest BCUT2D eigenvalue weighted by Crippen LogP contribution is -2.28. The second kappa shape index (κ2) is 4.82. The third-order valence-electron chi connectivity index (χ3n) is 2.86. The first-order chi connectivity index (χ1) is 9.24. The summed E-state index contributed by atoms with van der Waals surface area (Å²) < 4.78 is 2.07. The van der Waals surface area contributed by atoms with Gasteiger partial charge in [-0.15, -0.1) is 3.96 Å². The van der Waals surface area contributed by atoms with Gasteiger partial charge in [0.1, 0.15) is 17.2 Å². The Morgan fingerprint density at radius 1 is 1.05 bits per heavy atom. The van der Waals surface area contributed by atoms with Gasteiger partial charge in [-0.2, -0.15) is 0 Å². The Morgan fingerprint density at radius 3 is 2.58 bits per heavy atom.